The fraction of sp³-hybridized carbons (Fsp3) is 0.467. The molecule has 0 aromatic heterocycles. The highest BCUT2D eigenvalue weighted by Gasteiger charge is 2.22. The minimum Gasteiger partial charge on any atom is -0.497 e. The van der Waals surface area contributed by atoms with E-state index in [1.165, 1.54) is 0 Å². The predicted molar refractivity (Wildman–Crippen MR) is 72.1 cm³/mol. The standard InChI is InChI=1S/C15H19NO3/c1-19-14-4-2-12(3-5-14)10-15(18)16-8-6-13(11-17)7-9-16/h2-5,11,13H,6-10H2,1H3. The van der Waals surface area contributed by atoms with Crippen LogP contribution in [0.25, 0.3) is 0 Å². The first-order chi connectivity index (χ1) is 9.22. The second-order valence-corrected chi connectivity index (χ2v) is 4.88. The number of aldehydes is 1. The molecule has 102 valence electrons. The van der Waals surface area contributed by atoms with Crippen molar-refractivity contribution < 1.29 is 14.3 Å². The van der Waals surface area contributed by atoms with Crippen molar-refractivity contribution in [3.8, 4) is 5.75 Å². The molecule has 0 saturated carbocycles. The molecule has 1 aromatic carbocycles. The summed E-state index contributed by atoms with van der Waals surface area (Å²) < 4.78 is 5.09. The Balaban J connectivity index is 1.88. The zero-order valence-corrected chi connectivity index (χ0v) is 11.2. The van der Waals surface area contributed by atoms with Gasteiger partial charge in [0.15, 0.2) is 0 Å². The van der Waals surface area contributed by atoms with Gasteiger partial charge in [-0.1, -0.05) is 12.1 Å². The largest absolute Gasteiger partial charge is 0.497 e. The highest BCUT2D eigenvalue weighted by atomic mass is 16.5. The predicted octanol–water partition coefficient (Wildman–Crippen LogP) is 1.68. The minimum absolute atomic E-state index is 0.130. The normalized spacial score (nSPS) is 16.2. The van der Waals surface area contributed by atoms with E-state index in [1.807, 2.05) is 29.2 Å². The van der Waals surface area contributed by atoms with Gasteiger partial charge >= 0.3 is 0 Å². The molecule has 1 amide bonds. The van der Waals surface area contributed by atoms with E-state index in [2.05, 4.69) is 0 Å². The van der Waals surface area contributed by atoms with E-state index in [0.29, 0.717) is 19.5 Å². The van der Waals surface area contributed by atoms with Gasteiger partial charge in [0.05, 0.1) is 13.5 Å². The Bertz CT molecular complexity index is 433. The Morgan fingerprint density at radius 2 is 1.95 bits per heavy atom. The molecular formula is C15H19NO3. The Kier molecular flexibility index (Phi) is 4.55. The molecule has 4 nitrogen and oxygen atoms in total. The van der Waals surface area contributed by atoms with Crippen LogP contribution in [0, 0.1) is 5.92 Å². The number of carbonyl (C=O) groups excluding carboxylic acids is 2. The third kappa shape index (κ3) is 3.56. The van der Waals surface area contributed by atoms with Crippen molar-refractivity contribution in [3.63, 3.8) is 0 Å². The van der Waals surface area contributed by atoms with Crippen LogP contribution in [0.4, 0.5) is 0 Å². The van der Waals surface area contributed by atoms with Crippen molar-refractivity contribution in [1.29, 1.82) is 0 Å². The van der Waals surface area contributed by atoms with E-state index >= 15 is 0 Å². The van der Waals surface area contributed by atoms with Gasteiger partial charge < -0.3 is 14.4 Å². The lowest BCUT2D eigenvalue weighted by molar-refractivity contribution is -0.132. The summed E-state index contributed by atoms with van der Waals surface area (Å²) in [6, 6.07) is 7.55. The van der Waals surface area contributed by atoms with E-state index in [1.54, 1.807) is 7.11 Å². The summed E-state index contributed by atoms with van der Waals surface area (Å²) >= 11 is 0. The second kappa shape index (κ2) is 6.36. The van der Waals surface area contributed by atoms with Gasteiger partial charge in [-0.3, -0.25) is 4.79 Å². The summed E-state index contributed by atoms with van der Waals surface area (Å²) in [5.41, 5.74) is 0.989. The number of hydrogen-bond donors (Lipinski definition) is 0. The van der Waals surface area contributed by atoms with Crippen molar-refractivity contribution in [2.24, 2.45) is 5.92 Å². The van der Waals surface area contributed by atoms with Gasteiger partial charge in [0.2, 0.25) is 5.91 Å². The molecule has 1 fully saturated rings. The summed E-state index contributed by atoms with van der Waals surface area (Å²) in [4.78, 5) is 24.6. The summed E-state index contributed by atoms with van der Waals surface area (Å²) in [6.45, 7) is 1.39. The van der Waals surface area contributed by atoms with E-state index in [4.69, 9.17) is 4.74 Å². The summed E-state index contributed by atoms with van der Waals surface area (Å²) in [6.07, 6.45) is 3.00. The molecule has 19 heavy (non-hydrogen) atoms. The molecule has 0 atom stereocenters. The molecule has 0 aliphatic carbocycles. The lowest BCUT2D eigenvalue weighted by Gasteiger charge is -2.29. The molecule has 0 spiro atoms. The van der Waals surface area contributed by atoms with Crippen molar-refractivity contribution >= 4 is 12.2 Å². The summed E-state index contributed by atoms with van der Waals surface area (Å²) in [7, 11) is 1.62. The number of rotatable bonds is 4. The van der Waals surface area contributed by atoms with Crippen LogP contribution in [0.5, 0.6) is 5.75 Å². The average Bonchev–Trinajstić information content (AvgIpc) is 2.48. The Morgan fingerprint density at radius 3 is 2.47 bits per heavy atom. The fourth-order valence-corrected chi connectivity index (χ4v) is 2.31. The first-order valence-corrected chi connectivity index (χ1v) is 6.59. The topological polar surface area (TPSA) is 46.6 Å². The number of hydrogen-bond acceptors (Lipinski definition) is 3. The highest BCUT2D eigenvalue weighted by molar-refractivity contribution is 5.79. The second-order valence-electron chi connectivity index (χ2n) is 4.88. The SMILES string of the molecule is COc1ccc(CC(=O)N2CCC(C=O)CC2)cc1. The number of likely N-dealkylation sites (tertiary alicyclic amines) is 1. The maximum absolute atomic E-state index is 12.1. The molecule has 2 rings (SSSR count). The number of piperidine rings is 1. The van der Waals surface area contributed by atoms with Crippen LogP contribution in [-0.2, 0) is 16.0 Å². The third-order valence-corrected chi connectivity index (χ3v) is 3.60. The molecule has 1 aliphatic rings. The van der Waals surface area contributed by atoms with E-state index < -0.39 is 0 Å². The zero-order valence-electron chi connectivity index (χ0n) is 11.2. The molecule has 1 saturated heterocycles. The molecular weight excluding hydrogens is 242 g/mol. The number of benzene rings is 1. The van der Waals surface area contributed by atoms with Gasteiger partial charge in [0, 0.05) is 19.0 Å². The maximum atomic E-state index is 12.1. The van der Waals surface area contributed by atoms with Gasteiger partial charge in [-0.15, -0.1) is 0 Å². The van der Waals surface area contributed by atoms with E-state index in [9.17, 15) is 9.59 Å². The van der Waals surface area contributed by atoms with Gasteiger partial charge in [-0.25, -0.2) is 0 Å². The highest BCUT2D eigenvalue weighted by Crippen LogP contribution is 2.17. The Labute approximate surface area is 113 Å². The van der Waals surface area contributed by atoms with Crippen LogP contribution in [0.2, 0.25) is 0 Å². The Hall–Kier alpha value is -1.84. The summed E-state index contributed by atoms with van der Waals surface area (Å²) in [5, 5.41) is 0. The fourth-order valence-electron chi connectivity index (χ4n) is 2.31. The van der Waals surface area contributed by atoms with Crippen LogP contribution in [0.1, 0.15) is 18.4 Å². The first kappa shape index (κ1) is 13.6. The van der Waals surface area contributed by atoms with Crippen molar-refractivity contribution in [3.05, 3.63) is 29.8 Å². The lowest BCUT2D eigenvalue weighted by atomic mass is 9.98. The van der Waals surface area contributed by atoms with Crippen LogP contribution >= 0.6 is 0 Å². The quantitative estimate of drug-likeness (QED) is 0.775. The number of methoxy groups -OCH3 is 1. The van der Waals surface area contributed by atoms with Gasteiger partial charge in [0.25, 0.3) is 0 Å². The zero-order chi connectivity index (χ0) is 13.7. The van der Waals surface area contributed by atoms with Crippen LogP contribution < -0.4 is 4.74 Å². The number of carbonyl (C=O) groups is 2. The molecule has 0 bridgehead atoms. The van der Waals surface area contributed by atoms with E-state index in [-0.39, 0.29) is 11.8 Å². The lowest BCUT2D eigenvalue weighted by Crippen LogP contribution is -2.39. The molecule has 1 aromatic rings. The molecule has 4 heteroatoms. The first-order valence-electron chi connectivity index (χ1n) is 6.59. The van der Waals surface area contributed by atoms with Gasteiger partial charge in [-0.05, 0) is 30.5 Å². The number of ether oxygens (including phenoxy) is 1. The third-order valence-electron chi connectivity index (χ3n) is 3.60. The van der Waals surface area contributed by atoms with Crippen molar-refractivity contribution in [1.82, 2.24) is 4.90 Å². The maximum Gasteiger partial charge on any atom is 0.226 e. The van der Waals surface area contributed by atoms with Crippen LogP contribution in [-0.4, -0.2) is 37.3 Å². The average molecular weight is 261 g/mol. The smallest absolute Gasteiger partial charge is 0.226 e. The summed E-state index contributed by atoms with van der Waals surface area (Å²) in [5.74, 6) is 1.06. The molecule has 1 aliphatic heterocycles. The number of nitrogens with zero attached hydrogens (tertiary/aromatic N) is 1. The van der Waals surface area contributed by atoms with Crippen LogP contribution in [0.3, 0.4) is 0 Å². The molecule has 0 N–H and O–H groups in total. The minimum atomic E-state index is 0.130. The van der Waals surface area contributed by atoms with Gasteiger partial charge in [0.1, 0.15) is 12.0 Å². The molecule has 1 heterocycles. The monoisotopic (exact) mass is 261 g/mol. The van der Waals surface area contributed by atoms with Crippen LogP contribution in [0.15, 0.2) is 24.3 Å². The van der Waals surface area contributed by atoms with E-state index in [0.717, 1.165) is 30.4 Å². The van der Waals surface area contributed by atoms with Gasteiger partial charge in [-0.2, -0.15) is 0 Å². The van der Waals surface area contributed by atoms with Crippen molar-refractivity contribution in [2.45, 2.75) is 19.3 Å². The molecule has 0 radical (unpaired) electrons. The number of amides is 1. The van der Waals surface area contributed by atoms with Crippen molar-refractivity contribution in [2.75, 3.05) is 20.2 Å². The Morgan fingerprint density at radius 1 is 1.32 bits per heavy atom. The molecule has 0 unspecified atom stereocenters.